The van der Waals surface area contributed by atoms with Crippen LogP contribution in [0.3, 0.4) is 0 Å². The molecule has 0 aliphatic rings. The Morgan fingerprint density at radius 2 is 2.00 bits per heavy atom. The Kier molecular flexibility index (Phi) is 5.20. The summed E-state index contributed by atoms with van der Waals surface area (Å²) < 4.78 is 0. The molecule has 0 bridgehead atoms. The number of hydrogen-bond acceptors (Lipinski definition) is 2. The van der Waals surface area contributed by atoms with Crippen LogP contribution < -0.4 is 11.2 Å². The zero-order valence-corrected chi connectivity index (χ0v) is 10.3. The Morgan fingerprint density at radius 1 is 1.35 bits per heavy atom. The Labute approximate surface area is 102 Å². The second kappa shape index (κ2) is 6.68. The molecule has 0 unspecified atom stereocenters. The fourth-order valence-electron chi connectivity index (χ4n) is 1.59. The van der Waals surface area contributed by atoms with Crippen molar-refractivity contribution in [2.75, 3.05) is 0 Å². The smallest absolute Gasteiger partial charge is 0.332 e. The van der Waals surface area contributed by atoms with Crippen molar-refractivity contribution < 1.29 is 4.79 Å². The van der Waals surface area contributed by atoms with Gasteiger partial charge in [0.05, 0.1) is 0 Å². The lowest BCUT2D eigenvalue weighted by Gasteiger charge is -2.09. The Bertz CT molecular complexity index is 385. The van der Waals surface area contributed by atoms with Crippen molar-refractivity contribution in [3.05, 3.63) is 35.9 Å². The van der Waals surface area contributed by atoms with Gasteiger partial charge in [-0.1, -0.05) is 44.2 Å². The summed E-state index contributed by atoms with van der Waals surface area (Å²) in [7, 11) is 0. The number of carbonyl (C=O) groups is 1. The predicted molar refractivity (Wildman–Crippen MR) is 69.8 cm³/mol. The molecular weight excluding hydrogens is 214 g/mol. The van der Waals surface area contributed by atoms with Crippen LogP contribution in [0.2, 0.25) is 0 Å². The van der Waals surface area contributed by atoms with Crippen molar-refractivity contribution in [1.29, 1.82) is 0 Å². The number of urea groups is 1. The topological polar surface area (TPSA) is 67.5 Å². The molecule has 3 N–H and O–H groups in total. The van der Waals surface area contributed by atoms with Crippen LogP contribution in [0.25, 0.3) is 0 Å². The number of nitrogens with two attached hydrogens (primary N) is 1. The molecule has 1 aromatic carbocycles. The molecule has 0 saturated carbocycles. The normalized spacial score (nSPS) is 11.6. The zero-order chi connectivity index (χ0) is 12.7. The van der Waals surface area contributed by atoms with Crippen LogP contribution >= 0.6 is 0 Å². The second-order valence-electron chi connectivity index (χ2n) is 4.41. The molecule has 0 fully saturated rings. The third kappa shape index (κ3) is 5.70. The second-order valence-corrected chi connectivity index (χ2v) is 4.41. The van der Waals surface area contributed by atoms with Gasteiger partial charge in [0, 0.05) is 12.1 Å². The standard InChI is InChI=1S/C13H19N3O/c1-10(2)8-12(15-16-13(14)17)9-11-6-4-3-5-7-11/h3-7,10H,8-9H2,1-2H3,(H3,14,16,17)/b15-12-. The maximum Gasteiger partial charge on any atom is 0.332 e. The predicted octanol–water partition coefficient (Wildman–Crippen LogP) is 2.30. The van der Waals surface area contributed by atoms with E-state index in [2.05, 4.69) is 24.4 Å². The quantitative estimate of drug-likeness (QED) is 0.594. The number of nitrogens with zero attached hydrogens (tertiary/aromatic N) is 1. The molecule has 1 rings (SSSR count). The number of nitrogens with one attached hydrogen (secondary N) is 1. The lowest BCUT2D eigenvalue weighted by Crippen LogP contribution is -2.26. The number of hydrogen-bond donors (Lipinski definition) is 2. The first-order valence-corrected chi connectivity index (χ1v) is 5.72. The van der Waals surface area contributed by atoms with Gasteiger partial charge in [0.2, 0.25) is 0 Å². The summed E-state index contributed by atoms with van der Waals surface area (Å²) in [6.07, 6.45) is 1.58. The van der Waals surface area contributed by atoms with Gasteiger partial charge >= 0.3 is 6.03 Å². The molecule has 4 heteroatoms. The first kappa shape index (κ1) is 13.2. The van der Waals surface area contributed by atoms with Gasteiger partial charge in [-0.2, -0.15) is 5.10 Å². The molecular formula is C13H19N3O. The molecule has 17 heavy (non-hydrogen) atoms. The van der Waals surface area contributed by atoms with E-state index in [1.165, 1.54) is 5.56 Å². The van der Waals surface area contributed by atoms with Crippen LogP contribution in [0.1, 0.15) is 25.8 Å². The van der Waals surface area contributed by atoms with Gasteiger partial charge in [0.1, 0.15) is 0 Å². The first-order valence-electron chi connectivity index (χ1n) is 5.72. The zero-order valence-electron chi connectivity index (χ0n) is 10.3. The van der Waals surface area contributed by atoms with E-state index in [1.54, 1.807) is 0 Å². The van der Waals surface area contributed by atoms with Gasteiger partial charge in [-0.3, -0.25) is 0 Å². The van der Waals surface area contributed by atoms with Crippen molar-refractivity contribution in [2.45, 2.75) is 26.7 Å². The molecule has 0 radical (unpaired) electrons. The molecule has 1 aromatic rings. The van der Waals surface area contributed by atoms with Crippen LogP contribution in [-0.2, 0) is 6.42 Å². The maximum absolute atomic E-state index is 10.6. The largest absolute Gasteiger partial charge is 0.350 e. The number of hydrazone groups is 1. The van der Waals surface area contributed by atoms with E-state index < -0.39 is 6.03 Å². The summed E-state index contributed by atoms with van der Waals surface area (Å²) >= 11 is 0. The van der Waals surface area contributed by atoms with Gasteiger partial charge in [0.15, 0.2) is 0 Å². The minimum absolute atomic E-state index is 0.493. The Balaban J connectivity index is 2.70. The molecule has 4 nitrogen and oxygen atoms in total. The van der Waals surface area contributed by atoms with Gasteiger partial charge in [-0.05, 0) is 17.9 Å². The van der Waals surface area contributed by atoms with E-state index >= 15 is 0 Å². The Morgan fingerprint density at radius 3 is 2.53 bits per heavy atom. The average molecular weight is 233 g/mol. The first-order chi connectivity index (χ1) is 8.08. The maximum atomic E-state index is 10.6. The minimum atomic E-state index is -0.626. The number of primary amides is 1. The lowest BCUT2D eigenvalue weighted by atomic mass is 10.0. The average Bonchev–Trinajstić information content (AvgIpc) is 2.26. The molecule has 0 atom stereocenters. The number of rotatable bonds is 5. The van der Waals surface area contributed by atoms with E-state index in [0.717, 1.165) is 18.6 Å². The van der Waals surface area contributed by atoms with Crippen molar-refractivity contribution in [3.8, 4) is 0 Å². The summed E-state index contributed by atoms with van der Waals surface area (Å²) in [6, 6.07) is 9.41. The summed E-state index contributed by atoms with van der Waals surface area (Å²) in [5, 5.41) is 4.05. The van der Waals surface area contributed by atoms with Crippen LogP contribution in [0.4, 0.5) is 4.79 Å². The summed E-state index contributed by atoms with van der Waals surface area (Å²) in [5.41, 5.74) is 9.42. The van der Waals surface area contributed by atoms with Gasteiger partial charge in [-0.25, -0.2) is 10.2 Å². The highest BCUT2D eigenvalue weighted by atomic mass is 16.2. The molecule has 0 aliphatic carbocycles. The summed E-state index contributed by atoms with van der Waals surface area (Å²) in [4.78, 5) is 10.6. The van der Waals surface area contributed by atoms with Crippen molar-refractivity contribution in [2.24, 2.45) is 16.8 Å². The lowest BCUT2D eigenvalue weighted by molar-refractivity contribution is 0.249. The van der Waals surface area contributed by atoms with Gasteiger partial charge in [-0.15, -0.1) is 0 Å². The summed E-state index contributed by atoms with van der Waals surface area (Å²) in [5.74, 6) is 0.493. The highest BCUT2D eigenvalue weighted by Crippen LogP contribution is 2.08. The molecule has 0 heterocycles. The monoisotopic (exact) mass is 233 g/mol. The minimum Gasteiger partial charge on any atom is -0.350 e. The third-order valence-electron chi connectivity index (χ3n) is 2.22. The fourth-order valence-corrected chi connectivity index (χ4v) is 1.59. The molecule has 0 saturated heterocycles. The van der Waals surface area contributed by atoms with Crippen LogP contribution in [0.5, 0.6) is 0 Å². The third-order valence-corrected chi connectivity index (χ3v) is 2.22. The van der Waals surface area contributed by atoms with E-state index in [0.29, 0.717) is 5.92 Å². The van der Waals surface area contributed by atoms with E-state index in [1.807, 2.05) is 30.3 Å². The number of benzene rings is 1. The van der Waals surface area contributed by atoms with E-state index in [4.69, 9.17) is 5.73 Å². The molecule has 0 spiro atoms. The van der Waals surface area contributed by atoms with Crippen molar-refractivity contribution in [1.82, 2.24) is 5.43 Å². The molecule has 0 aromatic heterocycles. The number of carbonyl (C=O) groups excluding carboxylic acids is 1. The van der Waals surface area contributed by atoms with Crippen molar-refractivity contribution in [3.63, 3.8) is 0 Å². The van der Waals surface area contributed by atoms with Crippen LogP contribution in [0, 0.1) is 5.92 Å². The molecule has 92 valence electrons. The number of amides is 2. The van der Waals surface area contributed by atoms with Gasteiger partial charge in [0.25, 0.3) is 0 Å². The highest BCUT2D eigenvalue weighted by Gasteiger charge is 2.05. The fraction of sp³-hybridized carbons (Fsp3) is 0.385. The van der Waals surface area contributed by atoms with Crippen LogP contribution in [0.15, 0.2) is 35.4 Å². The SMILES string of the molecule is CC(C)C/C(Cc1ccccc1)=N/NC(N)=O. The van der Waals surface area contributed by atoms with E-state index in [-0.39, 0.29) is 0 Å². The van der Waals surface area contributed by atoms with Gasteiger partial charge < -0.3 is 5.73 Å². The molecule has 2 amide bonds. The van der Waals surface area contributed by atoms with Crippen LogP contribution in [-0.4, -0.2) is 11.7 Å². The highest BCUT2D eigenvalue weighted by molar-refractivity contribution is 5.87. The Hall–Kier alpha value is -1.84. The van der Waals surface area contributed by atoms with Crippen molar-refractivity contribution >= 4 is 11.7 Å². The molecule has 0 aliphatic heterocycles. The van der Waals surface area contributed by atoms with E-state index in [9.17, 15) is 4.79 Å². The summed E-state index contributed by atoms with van der Waals surface area (Å²) in [6.45, 7) is 4.23.